The van der Waals surface area contributed by atoms with E-state index in [1.54, 1.807) is 48.3 Å². The average molecular weight is 582 g/mol. The molecule has 0 bridgehead atoms. The third-order valence-electron chi connectivity index (χ3n) is 6.74. The van der Waals surface area contributed by atoms with E-state index in [2.05, 4.69) is 5.32 Å². The van der Waals surface area contributed by atoms with Crippen molar-refractivity contribution in [1.82, 2.24) is 9.80 Å². The summed E-state index contributed by atoms with van der Waals surface area (Å²) in [6, 6.07) is 14.4. The zero-order chi connectivity index (χ0) is 28.5. The molecule has 2 amide bonds. The van der Waals surface area contributed by atoms with Gasteiger partial charge in [-0.3, -0.25) is 14.5 Å². The van der Waals surface area contributed by atoms with Crippen LogP contribution in [0, 0.1) is 5.82 Å². The molecular formula is C28H25Cl2F4N3O2. The van der Waals surface area contributed by atoms with E-state index in [0.717, 1.165) is 17.7 Å². The number of amides is 2. The summed E-state index contributed by atoms with van der Waals surface area (Å²) in [6.45, 7) is 2.21. The van der Waals surface area contributed by atoms with Crippen molar-refractivity contribution in [3.63, 3.8) is 0 Å². The predicted molar refractivity (Wildman–Crippen MR) is 143 cm³/mol. The highest BCUT2D eigenvalue weighted by Gasteiger charge is 2.39. The minimum atomic E-state index is -4.78. The Morgan fingerprint density at radius 2 is 1.69 bits per heavy atom. The van der Waals surface area contributed by atoms with E-state index in [1.807, 2.05) is 11.0 Å². The molecule has 1 N–H and O–H groups in total. The van der Waals surface area contributed by atoms with Gasteiger partial charge in [0.2, 0.25) is 5.91 Å². The van der Waals surface area contributed by atoms with Crippen molar-refractivity contribution in [1.29, 1.82) is 0 Å². The quantitative estimate of drug-likeness (QED) is 0.324. The summed E-state index contributed by atoms with van der Waals surface area (Å²) in [7, 11) is 1.78. The molecule has 39 heavy (non-hydrogen) atoms. The van der Waals surface area contributed by atoms with E-state index >= 15 is 0 Å². The Morgan fingerprint density at radius 1 is 1.00 bits per heavy atom. The predicted octanol–water partition coefficient (Wildman–Crippen LogP) is 6.85. The molecule has 3 aromatic carbocycles. The number of likely N-dealkylation sites (N-methyl/N-ethyl adjacent to an activating group) is 1. The first-order valence-corrected chi connectivity index (χ1v) is 12.8. The van der Waals surface area contributed by atoms with Gasteiger partial charge in [-0.25, -0.2) is 4.39 Å². The van der Waals surface area contributed by atoms with Gasteiger partial charge in [0.1, 0.15) is 5.82 Å². The standard InChI is InChI=1S/C28H25Cl2F4N3O2/c1-16(38)35-20-7-4-18(5-8-20)27(39)37-14-21(19-6-10-23(29)24(30)12-19)26(15-37)36(2)13-17-3-9-22(25(31)11-17)28(32,33)34/h3-12,21,26H,13-15H2,1-2H3,(H,35,38)/t21-,26-/m1/s1. The molecule has 1 fully saturated rings. The number of alkyl halides is 3. The fourth-order valence-electron chi connectivity index (χ4n) is 4.84. The van der Waals surface area contributed by atoms with Crippen molar-refractivity contribution in [2.45, 2.75) is 31.6 Å². The second-order valence-corrected chi connectivity index (χ2v) is 10.4. The lowest BCUT2D eigenvalue weighted by Crippen LogP contribution is -2.38. The minimum absolute atomic E-state index is 0.158. The van der Waals surface area contributed by atoms with Crippen LogP contribution in [0.3, 0.4) is 0 Å². The van der Waals surface area contributed by atoms with Crippen LogP contribution in [0.1, 0.15) is 39.9 Å². The fourth-order valence-corrected chi connectivity index (χ4v) is 5.15. The number of halogens is 6. The highest BCUT2D eigenvalue weighted by atomic mass is 35.5. The van der Waals surface area contributed by atoms with Gasteiger partial charge in [0.25, 0.3) is 5.91 Å². The molecular weight excluding hydrogens is 557 g/mol. The first kappa shape index (κ1) is 28.9. The summed E-state index contributed by atoms with van der Waals surface area (Å²) in [4.78, 5) is 28.3. The molecule has 1 heterocycles. The molecule has 4 rings (SSSR count). The van der Waals surface area contributed by atoms with Gasteiger partial charge >= 0.3 is 6.18 Å². The van der Waals surface area contributed by atoms with E-state index < -0.39 is 17.6 Å². The van der Waals surface area contributed by atoms with Gasteiger partial charge < -0.3 is 10.2 Å². The largest absolute Gasteiger partial charge is 0.419 e. The Labute approximate surface area is 233 Å². The first-order valence-electron chi connectivity index (χ1n) is 12.0. The molecule has 0 aromatic heterocycles. The topological polar surface area (TPSA) is 52.7 Å². The maximum Gasteiger partial charge on any atom is 0.419 e. The van der Waals surface area contributed by atoms with Crippen LogP contribution in [0.5, 0.6) is 0 Å². The zero-order valence-electron chi connectivity index (χ0n) is 21.0. The SMILES string of the molecule is CC(=O)Nc1ccc(C(=O)N2C[C@H](c3ccc(Cl)c(Cl)c3)[C@H](N(C)Cc3ccc(C(F)(F)F)c(F)c3)C2)cc1. The lowest BCUT2D eigenvalue weighted by Gasteiger charge is -2.29. The van der Waals surface area contributed by atoms with Crippen molar-refractivity contribution in [2.24, 2.45) is 0 Å². The van der Waals surface area contributed by atoms with Crippen LogP contribution >= 0.6 is 23.2 Å². The van der Waals surface area contributed by atoms with E-state index in [0.29, 0.717) is 39.9 Å². The summed E-state index contributed by atoms with van der Waals surface area (Å²) in [5.74, 6) is -1.98. The van der Waals surface area contributed by atoms with Crippen LogP contribution in [-0.2, 0) is 17.5 Å². The van der Waals surface area contributed by atoms with E-state index in [9.17, 15) is 27.2 Å². The number of rotatable bonds is 6. The van der Waals surface area contributed by atoms with Crippen LogP contribution in [0.2, 0.25) is 10.0 Å². The lowest BCUT2D eigenvalue weighted by molar-refractivity contribution is -0.140. The van der Waals surface area contributed by atoms with Gasteiger partial charge in [0, 0.05) is 49.8 Å². The van der Waals surface area contributed by atoms with Crippen molar-refractivity contribution >= 4 is 40.7 Å². The Hall–Kier alpha value is -3.14. The highest BCUT2D eigenvalue weighted by molar-refractivity contribution is 6.42. The van der Waals surface area contributed by atoms with Crippen LogP contribution in [0.25, 0.3) is 0 Å². The number of hydrogen-bond donors (Lipinski definition) is 1. The summed E-state index contributed by atoms with van der Waals surface area (Å²) < 4.78 is 53.2. The first-order chi connectivity index (χ1) is 18.3. The van der Waals surface area contributed by atoms with Crippen molar-refractivity contribution in [2.75, 3.05) is 25.5 Å². The summed E-state index contributed by atoms with van der Waals surface area (Å²) in [5.41, 5.74) is 0.899. The van der Waals surface area contributed by atoms with Crippen molar-refractivity contribution in [3.8, 4) is 0 Å². The van der Waals surface area contributed by atoms with Crippen molar-refractivity contribution < 1.29 is 27.2 Å². The van der Waals surface area contributed by atoms with Crippen LogP contribution in [0.15, 0.2) is 60.7 Å². The molecule has 0 unspecified atom stereocenters. The van der Waals surface area contributed by atoms with Gasteiger partial charge in [0.05, 0.1) is 15.6 Å². The maximum absolute atomic E-state index is 14.2. The number of hydrogen-bond acceptors (Lipinski definition) is 3. The second kappa shape index (κ2) is 11.5. The number of nitrogens with one attached hydrogen (secondary N) is 1. The monoisotopic (exact) mass is 581 g/mol. The summed E-state index contributed by atoms with van der Waals surface area (Å²) in [5, 5.41) is 3.40. The van der Waals surface area contributed by atoms with Gasteiger partial charge in [-0.1, -0.05) is 35.3 Å². The van der Waals surface area contributed by atoms with Crippen molar-refractivity contribution in [3.05, 3.63) is 98.8 Å². The summed E-state index contributed by atoms with van der Waals surface area (Å²) >= 11 is 12.4. The van der Waals surface area contributed by atoms with Crippen LogP contribution in [0.4, 0.5) is 23.2 Å². The van der Waals surface area contributed by atoms with Gasteiger partial charge in [0.15, 0.2) is 0 Å². The normalized spacial score (nSPS) is 17.5. The Balaban J connectivity index is 1.59. The number of carbonyl (C=O) groups excluding carboxylic acids is 2. The Kier molecular flexibility index (Phi) is 8.54. The molecule has 3 aromatic rings. The third kappa shape index (κ3) is 6.72. The number of likely N-dealkylation sites (tertiary alicyclic amines) is 1. The fraction of sp³-hybridized carbons (Fsp3) is 0.286. The summed E-state index contributed by atoms with van der Waals surface area (Å²) in [6.07, 6.45) is -4.78. The molecule has 1 saturated heterocycles. The molecule has 1 aliphatic rings. The maximum atomic E-state index is 14.2. The van der Waals surface area contributed by atoms with E-state index in [4.69, 9.17) is 23.2 Å². The Morgan fingerprint density at radius 3 is 2.28 bits per heavy atom. The lowest BCUT2D eigenvalue weighted by atomic mass is 9.93. The third-order valence-corrected chi connectivity index (χ3v) is 7.48. The average Bonchev–Trinajstić information content (AvgIpc) is 3.30. The smallest absolute Gasteiger partial charge is 0.336 e. The molecule has 5 nitrogen and oxygen atoms in total. The van der Waals surface area contributed by atoms with E-state index in [1.165, 1.54) is 13.0 Å². The van der Waals surface area contributed by atoms with E-state index in [-0.39, 0.29) is 30.3 Å². The molecule has 2 atom stereocenters. The highest BCUT2D eigenvalue weighted by Crippen LogP contribution is 2.36. The molecule has 0 radical (unpaired) electrons. The van der Waals surface area contributed by atoms with Gasteiger partial charge in [-0.2, -0.15) is 13.2 Å². The van der Waals surface area contributed by atoms with Crippen LogP contribution < -0.4 is 5.32 Å². The molecule has 11 heteroatoms. The minimum Gasteiger partial charge on any atom is -0.336 e. The number of benzene rings is 3. The molecule has 1 aliphatic heterocycles. The van der Waals surface area contributed by atoms with Crippen LogP contribution in [-0.4, -0.2) is 47.8 Å². The molecule has 206 valence electrons. The zero-order valence-corrected chi connectivity index (χ0v) is 22.5. The second-order valence-electron chi connectivity index (χ2n) is 9.54. The molecule has 0 saturated carbocycles. The molecule has 0 spiro atoms. The molecule has 0 aliphatic carbocycles. The van der Waals surface area contributed by atoms with Gasteiger partial charge in [-0.15, -0.1) is 0 Å². The Bertz CT molecular complexity index is 1380. The number of carbonyl (C=O) groups is 2. The number of nitrogens with zero attached hydrogens (tertiary/aromatic N) is 2. The van der Waals surface area contributed by atoms with Gasteiger partial charge in [-0.05, 0) is 66.7 Å². The number of anilines is 1.